The fourth-order valence-corrected chi connectivity index (χ4v) is 19.9. The molecular weight excluding hydrogens is 1920 g/mol. The van der Waals surface area contributed by atoms with Gasteiger partial charge in [0.2, 0.25) is 35.4 Å². The van der Waals surface area contributed by atoms with Gasteiger partial charge in [-0.2, -0.15) is 15.3 Å². The summed E-state index contributed by atoms with van der Waals surface area (Å²) in [6.07, 6.45) is 14.7. The number of pyridine rings is 1. The number of carbonyl (C=O) groups is 9. The number of anilines is 3. The monoisotopic (exact) mass is 2000 g/mol. The van der Waals surface area contributed by atoms with E-state index in [0.717, 1.165) is 73.4 Å². The van der Waals surface area contributed by atoms with E-state index in [1.54, 1.807) is 121 Å². The van der Waals surface area contributed by atoms with E-state index in [0.29, 0.717) is 101 Å². The predicted octanol–water partition coefficient (Wildman–Crippen LogP) is 14.9. The smallest absolute Gasteiger partial charge is 0.316 e. The minimum atomic E-state index is -1.46. The van der Waals surface area contributed by atoms with Crippen LogP contribution < -0.4 is 20.7 Å². The number of carbonyl (C=O) groups excluding carboxylic acids is 9. The standard InChI is InChI=1S/C40H36ClF2N5O6.C29H26BrFN8O3.C29H25BrN8O3/c1-21-19-52-38-34(20-53-37(21)38)54-40-44-14-24(15-45-40)23-10-11-32-28(12-23)29(22(2)49)17-47(32)18-35(50)48-16-25(42)13-33(48)39(51)46-31-9-5-7-27(36(31)43)26-6-3-4-8-30(26)41;1-15-6-24(30)33-25(7-15)34-29(42)23-10-20(31)13-37(23)27(41)14-38-22-5-4-18(9-21(22)28(36-38)17(3)40)19-11-32-26-8-16(2)35-39(26)12-19;1-15-5-27-32-9-19(12-37(27)35-15)17-3-4-22-20(6-17)21(16(2)39)13-36(22)14-28(40)38-23-7-18(23)8-24(38)29(41)34-26-11-31-10-25(30)33-26/h3-12,14-15,17,21,25,33-34,37-38H,13,16,18-20H2,1-2H3,(H,46,51);4-9,11-12,20,23H,10,13-14H2,1-3H3,(H,33,34,42);3-6,9-13,18,23-24H,7-8,14H2,1-2H3,(H,33,34,41)/t21-,25-,33+,34-,37-,38-;20-,23+;18-,23-,24+/m111/s1. The number of hydrogen-bond donors (Lipinski definition) is 3. The molecule has 6 amide bonds. The summed E-state index contributed by atoms with van der Waals surface area (Å²) in [4.78, 5) is 153. The molecule has 39 heteroatoms. The van der Waals surface area contributed by atoms with Crippen LogP contribution in [0.25, 0.3) is 88.5 Å². The van der Waals surface area contributed by atoms with Crippen molar-refractivity contribution in [1.29, 1.82) is 0 Å². The number of aryl methyl sites for hydroxylation is 3. The van der Waals surface area contributed by atoms with E-state index in [-0.39, 0.29) is 122 Å². The molecule has 5 saturated heterocycles. The van der Waals surface area contributed by atoms with Crippen molar-refractivity contribution in [1.82, 2.24) is 87.7 Å². The first-order chi connectivity index (χ1) is 65.8. The number of fused-ring (bicyclic) bond motifs is 7. The number of halogens is 6. The molecule has 5 aromatic carbocycles. The van der Waals surface area contributed by atoms with Gasteiger partial charge in [-0.3, -0.25) is 52.8 Å². The number of ether oxygens (including phenoxy) is 3. The van der Waals surface area contributed by atoms with Gasteiger partial charge in [0.25, 0.3) is 0 Å². The lowest BCUT2D eigenvalue weighted by atomic mass is 10.0. The summed E-state index contributed by atoms with van der Waals surface area (Å²) < 4.78 is 72.0. The lowest BCUT2D eigenvalue weighted by Gasteiger charge is -2.27. The highest BCUT2D eigenvalue weighted by molar-refractivity contribution is 9.10. The third-order valence-corrected chi connectivity index (χ3v) is 26.5. The maximum atomic E-state index is 15.6. The fourth-order valence-electron chi connectivity index (χ4n) is 18.8. The summed E-state index contributed by atoms with van der Waals surface area (Å²) in [7, 11) is 0. The van der Waals surface area contributed by atoms with E-state index in [9.17, 15) is 51.9 Å². The Kier molecular flexibility index (Phi) is 25.4. The Labute approximate surface area is 801 Å². The molecule has 15 heterocycles. The van der Waals surface area contributed by atoms with Crippen LogP contribution in [0.4, 0.5) is 30.5 Å². The maximum absolute atomic E-state index is 15.6. The number of Topliss-reactive ketones (excluding diaryl/α,β-unsaturated/α-hetero) is 3. The van der Waals surface area contributed by atoms with E-state index in [2.05, 4.69) is 105 Å². The Hall–Kier alpha value is -14.2. The van der Waals surface area contributed by atoms with Gasteiger partial charge in [-0.15, -0.1) is 0 Å². The van der Waals surface area contributed by atoms with E-state index in [4.69, 9.17) is 25.8 Å². The van der Waals surface area contributed by atoms with Gasteiger partial charge in [0, 0.05) is 165 Å². The van der Waals surface area contributed by atoms with Gasteiger partial charge in [0.05, 0.1) is 67.4 Å². The number of rotatable bonds is 21. The van der Waals surface area contributed by atoms with Gasteiger partial charge in [0.15, 0.2) is 46.4 Å². The van der Waals surface area contributed by atoms with E-state index in [1.807, 2.05) is 87.8 Å². The lowest BCUT2D eigenvalue weighted by molar-refractivity contribution is -0.138. The van der Waals surface area contributed by atoms with Crippen molar-refractivity contribution in [2.45, 2.75) is 149 Å². The van der Waals surface area contributed by atoms with Crippen molar-refractivity contribution < 1.29 is 70.5 Å². The number of nitrogens with one attached hydrogen (secondary N) is 3. The van der Waals surface area contributed by atoms with Crippen molar-refractivity contribution in [3.05, 3.63) is 237 Å². The molecule has 5 aliphatic heterocycles. The normalized spacial score (nSPS) is 20.2. The molecule has 6 aliphatic rings. The second-order valence-electron chi connectivity index (χ2n) is 35.2. The van der Waals surface area contributed by atoms with Crippen molar-refractivity contribution >= 4 is 158 Å². The van der Waals surface area contributed by atoms with Crippen LogP contribution in [0, 0.1) is 38.4 Å². The van der Waals surface area contributed by atoms with Crippen LogP contribution in [0.15, 0.2) is 193 Å². The number of nitrogens with zero attached hydrogens (tertiary/aromatic N) is 18. The molecule has 15 aromatic rings. The van der Waals surface area contributed by atoms with Gasteiger partial charge in [-0.05, 0) is 168 Å². The minimum Gasteiger partial charge on any atom is -0.455 e. The summed E-state index contributed by atoms with van der Waals surface area (Å²) >= 11 is 12.8. The molecule has 698 valence electrons. The lowest BCUT2D eigenvalue weighted by Crippen LogP contribution is -2.46. The molecule has 6 fully saturated rings. The minimum absolute atomic E-state index is 0.00318. The maximum Gasteiger partial charge on any atom is 0.316 e. The van der Waals surface area contributed by atoms with Crippen molar-refractivity contribution in [2.24, 2.45) is 11.8 Å². The van der Waals surface area contributed by atoms with E-state index < -0.39 is 59.9 Å². The highest BCUT2D eigenvalue weighted by Crippen LogP contribution is 2.49. The summed E-state index contributed by atoms with van der Waals surface area (Å²) in [6.45, 7) is 12.1. The number of benzene rings is 5. The molecule has 0 bridgehead atoms. The summed E-state index contributed by atoms with van der Waals surface area (Å²) in [5.41, 5.74) is 12.4. The van der Waals surface area contributed by atoms with E-state index in [1.165, 1.54) is 53.7 Å². The van der Waals surface area contributed by atoms with Crippen LogP contribution in [0.3, 0.4) is 0 Å². The van der Waals surface area contributed by atoms with Crippen molar-refractivity contribution in [3.63, 3.8) is 0 Å². The predicted molar refractivity (Wildman–Crippen MR) is 507 cm³/mol. The summed E-state index contributed by atoms with van der Waals surface area (Å²) in [5, 5.41) is 23.6. The van der Waals surface area contributed by atoms with Crippen LogP contribution in [0.1, 0.15) is 102 Å². The first kappa shape index (κ1) is 91.9. The number of aromatic nitrogens is 15. The van der Waals surface area contributed by atoms with E-state index >= 15 is 4.39 Å². The van der Waals surface area contributed by atoms with Crippen LogP contribution in [0.5, 0.6) is 6.01 Å². The zero-order valence-corrected chi connectivity index (χ0v) is 78.6. The van der Waals surface area contributed by atoms with Gasteiger partial charge in [-0.25, -0.2) is 52.1 Å². The van der Waals surface area contributed by atoms with Gasteiger partial charge >= 0.3 is 6.01 Å². The summed E-state index contributed by atoms with van der Waals surface area (Å²) in [5.74, 6) is -2.72. The average molecular weight is 2000 g/mol. The Morgan fingerprint density at radius 1 is 0.511 bits per heavy atom. The SMILES string of the molecule is CC(=O)c1cn(CC(=O)N2C[C@H](F)C[C@H]2C(=O)Nc2cccc(-c3ccccc3Cl)c2F)c2ccc(-c3cnc(O[C@@H]4CO[C@H]5[C@@H]4OC[C@H]5C)nc3)cc12.CC(=O)c1cn(CC(=O)N2[C@@H]3C[C@@H]3C[C@H]2C(=O)Nc2cncc(Br)n2)c2ccc(-c3cnc4cc(C)nn4c3)cc12.CC(=O)c1nn(CC(=O)N2C[C@H](F)C[C@H]2C(=O)Nc2cc(C)cc(Br)n2)c2ccc(-c3cnc4cc(C)nn4c3)cc12. The highest BCUT2D eigenvalue weighted by atomic mass is 79.9. The molecule has 1 aliphatic carbocycles. The Balaban J connectivity index is 0.000000133. The molecule has 0 unspecified atom stereocenters. The molecule has 3 N–H and O–H groups in total. The molecular formula is C98H87Br2ClF3N21O12. The van der Waals surface area contributed by atoms with Crippen LogP contribution >= 0.6 is 43.5 Å². The molecule has 11 atom stereocenters. The first-order valence-electron chi connectivity index (χ1n) is 44.3. The first-order valence-corrected chi connectivity index (χ1v) is 46.2. The molecule has 21 rings (SSSR count). The van der Waals surface area contributed by atoms with Crippen molar-refractivity contribution in [3.8, 4) is 50.5 Å². The van der Waals surface area contributed by atoms with Gasteiger partial charge in [0.1, 0.15) is 76.9 Å². The quantitative estimate of drug-likeness (QED) is 0.0444. The largest absolute Gasteiger partial charge is 0.455 e. The number of amides is 6. The second kappa shape index (κ2) is 37.8. The van der Waals surface area contributed by atoms with Crippen molar-refractivity contribution in [2.75, 3.05) is 42.3 Å². The van der Waals surface area contributed by atoms with Crippen LogP contribution in [-0.2, 0) is 57.9 Å². The molecule has 137 heavy (non-hydrogen) atoms. The zero-order valence-electron chi connectivity index (χ0n) is 74.7. The number of ketones is 3. The number of piperidine rings is 1. The fraction of sp³-hybridized carbons (Fsp3) is 0.296. The van der Waals surface area contributed by atoms with Gasteiger partial charge < -0.3 is 54.0 Å². The second-order valence-corrected chi connectivity index (χ2v) is 37.2. The molecule has 1 saturated carbocycles. The Morgan fingerprint density at radius 3 is 1.66 bits per heavy atom. The molecule has 0 spiro atoms. The van der Waals surface area contributed by atoms with Crippen LogP contribution in [-0.4, -0.2) is 222 Å². The molecule has 33 nitrogen and oxygen atoms in total. The Bertz CT molecular complexity index is 7420. The number of alkyl halides is 2. The highest BCUT2D eigenvalue weighted by Gasteiger charge is 2.56. The third-order valence-electron chi connectivity index (χ3n) is 25.4. The van der Waals surface area contributed by atoms with Crippen LogP contribution in [0.2, 0.25) is 5.02 Å². The zero-order chi connectivity index (χ0) is 95.8. The third kappa shape index (κ3) is 18.9. The molecule has 10 aromatic heterocycles. The number of hydrogen-bond acceptors (Lipinski definition) is 22. The average Bonchev–Trinajstić information content (AvgIpc) is 1.57. The molecule has 0 radical (unpaired) electrons. The summed E-state index contributed by atoms with van der Waals surface area (Å²) in [6, 6.07) is 32.7. The topological polar surface area (TPSA) is 380 Å². The van der Waals surface area contributed by atoms with Gasteiger partial charge in [-0.1, -0.05) is 67.1 Å². The Morgan fingerprint density at radius 2 is 1.06 bits per heavy atom. The number of likely N-dealkylation sites (tertiary alicyclic amines) is 3.